The van der Waals surface area contributed by atoms with Crippen molar-refractivity contribution in [1.29, 1.82) is 0 Å². The van der Waals surface area contributed by atoms with Gasteiger partial charge in [0, 0.05) is 82.5 Å². The van der Waals surface area contributed by atoms with Crippen molar-refractivity contribution in [2.75, 3.05) is 0 Å². The first-order chi connectivity index (χ1) is 19.9. The van der Waals surface area contributed by atoms with E-state index in [-0.39, 0.29) is 0 Å². The van der Waals surface area contributed by atoms with Crippen LogP contribution in [-0.4, -0.2) is 35.6 Å². The van der Waals surface area contributed by atoms with Crippen LogP contribution in [0.5, 0.6) is 0 Å². The van der Waals surface area contributed by atoms with Gasteiger partial charge in [0.1, 0.15) is 5.69 Å². The average Bonchev–Trinajstić information content (AvgIpc) is 3.23. The van der Waals surface area contributed by atoms with Crippen molar-refractivity contribution in [3.05, 3.63) is 132 Å². The molecule has 0 saturated carbocycles. The Bertz CT molecular complexity index is 1680. The zero-order valence-corrected chi connectivity index (χ0v) is 23.4. The number of hydrogen-bond acceptors (Lipinski definition) is 7. The largest absolute Gasteiger partial charge is 0.261 e. The predicted molar refractivity (Wildman–Crippen MR) is 164 cm³/mol. The van der Waals surface area contributed by atoms with Crippen molar-refractivity contribution in [1.82, 2.24) is 29.9 Å². The van der Waals surface area contributed by atoms with Gasteiger partial charge in [-0.25, -0.2) is 9.97 Å². The fourth-order valence-corrected chi connectivity index (χ4v) is 3.86. The van der Waals surface area contributed by atoms with Crippen molar-refractivity contribution in [2.45, 2.75) is 27.7 Å². The van der Waals surface area contributed by atoms with Gasteiger partial charge < -0.3 is 0 Å². The zero-order chi connectivity index (χ0) is 28.6. The van der Waals surface area contributed by atoms with Crippen LogP contribution in [0.3, 0.4) is 0 Å². The summed E-state index contributed by atoms with van der Waals surface area (Å²) in [6, 6.07) is 16.2. The van der Waals surface area contributed by atoms with Crippen molar-refractivity contribution in [3.8, 4) is 33.9 Å². The smallest absolute Gasteiger partial charge is 0.159 e. The summed E-state index contributed by atoms with van der Waals surface area (Å²) in [7, 11) is 0. The number of aromatic nitrogens is 6. The van der Waals surface area contributed by atoms with Gasteiger partial charge in [-0.15, -0.1) is 5.73 Å². The molecular formula is C34H29N7. The maximum absolute atomic E-state index is 4.45. The van der Waals surface area contributed by atoms with Gasteiger partial charge in [-0.2, -0.15) is 0 Å². The Balaban J connectivity index is 0.000000165. The van der Waals surface area contributed by atoms with Crippen LogP contribution in [-0.2, 0) is 0 Å². The number of nitrogens with zero attached hydrogens (tertiary/aromatic N) is 7. The summed E-state index contributed by atoms with van der Waals surface area (Å²) < 4.78 is 0. The lowest BCUT2D eigenvalue weighted by Gasteiger charge is -2.03. The van der Waals surface area contributed by atoms with Crippen LogP contribution in [0, 0.1) is 20.8 Å². The van der Waals surface area contributed by atoms with E-state index in [1.165, 1.54) is 5.56 Å². The molecule has 0 bridgehead atoms. The maximum atomic E-state index is 4.45. The molecule has 0 spiro atoms. The van der Waals surface area contributed by atoms with Gasteiger partial charge in [-0.3, -0.25) is 24.9 Å². The third kappa shape index (κ3) is 7.18. The Hall–Kier alpha value is -5.39. The van der Waals surface area contributed by atoms with E-state index in [1.807, 2.05) is 100 Å². The van der Waals surface area contributed by atoms with Gasteiger partial charge in [0.05, 0.1) is 17.6 Å². The first-order valence-corrected chi connectivity index (χ1v) is 13.2. The summed E-state index contributed by atoms with van der Waals surface area (Å²) >= 11 is 0. The molecule has 0 saturated heterocycles. The SMILES string of the molecule is CC1=NC=C(c2cnc(-c3ccc(C)cc3)nc2)C=C=C1.Cc1ccc(-c2ccc(-c3cnc(C)cn3)nc2)cn1. The molecule has 0 radical (unpaired) electrons. The summed E-state index contributed by atoms with van der Waals surface area (Å²) in [5.74, 6) is 0.729. The van der Waals surface area contributed by atoms with Crippen molar-refractivity contribution >= 4 is 11.3 Å². The fourth-order valence-electron chi connectivity index (χ4n) is 3.86. The van der Waals surface area contributed by atoms with E-state index in [2.05, 4.69) is 59.7 Å². The van der Waals surface area contributed by atoms with E-state index in [0.29, 0.717) is 0 Å². The van der Waals surface area contributed by atoms with Crippen molar-refractivity contribution < 1.29 is 0 Å². The Morgan fingerprint density at radius 1 is 0.488 bits per heavy atom. The summed E-state index contributed by atoms with van der Waals surface area (Å²) in [5.41, 5.74) is 13.8. The Morgan fingerprint density at radius 2 is 1.12 bits per heavy atom. The molecule has 0 atom stereocenters. The third-order valence-electron chi connectivity index (χ3n) is 6.28. The maximum Gasteiger partial charge on any atom is 0.159 e. The predicted octanol–water partition coefficient (Wildman–Crippen LogP) is 7.20. The minimum Gasteiger partial charge on any atom is -0.261 e. The van der Waals surface area contributed by atoms with Crippen molar-refractivity contribution in [2.24, 2.45) is 4.99 Å². The number of aryl methyl sites for hydroxylation is 3. The van der Waals surface area contributed by atoms with Gasteiger partial charge >= 0.3 is 0 Å². The standard InChI is InChI=1S/C18H15N3.C16H14N4/c1-13-6-8-15(9-7-13)18-20-11-17(12-21-18)16-5-3-4-14(2)19-10-16;1-11-3-4-13(8-17-11)14-5-6-15(20-9-14)16-10-18-12(2)7-19-16/h4-12H,1-2H3;3-10H,1-2H3. The molecule has 200 valence electrons. The van der Waals surface area contributed by atoms with E-state index in [0.717, 1.165) is 62.1 Å². The molecule has 5 heterocycles. The average molecular weight is 536 g/mol. The molecule has 5 aromatic rings. The topological polar surface area (TPSA) is 89.7 Å². The van der Waals surface area contributed by atoms with Gasteiger partial charge in [-0.05, 0) is 45.9 Å². The minimum atomic E-state index is 0.729. The quantitative estimate of drug-likeness (QED) is 0.226. The summed E-state index contributed by atoms with van der Waals surface area (Å²) in [5, 5.41) is 0. The zero-order valence-electron chi connectivity index (χ0n) is 23.4. The lowest BCUT2D eigenvalue weighted by molar-refractivity contribution is 1.11. The number of benzene rings is 1. The molecule has 1 aliphatic heterocycles. The number of hydrogen-bond donors (Lipinski definition) is 0. The molecule has 1 aromatic carbocycles. The Kier molecular flexibility index (Phi) is 8.38. The number of allylic oxidation sites excluding steroid dienone is 2. The molecule has 0 fully saturated rings. The fraction of sp³-hybridized carbons (Fsp3) is 0.118. The number of aliphatic imine (C=N–C) groups is 1. The summed E-state index contributed by atoms with van der Waals surface area (Å²) in [6.07, 6.45) is 16.4. The summed E-state index contributed by atoms with van der Waals surface area (Å²) in [6.45, 7) is 7.89. The highest BCUT2D eigenvalue weighted by Gasteiger charge is 2.05. The molecule has 0 N–H and O–H groups in total. The molecule has 0 aliphatic carbocycles. The normalized spacial score (nSPS) is 12.1. The van der Waals surface area contributed by atoms with Gasteiger partial charge in [0.25, 0.3) is 0 Å². The first kappa shape index (κ1) is 27.2. The second-order valence-corrected chi connectivity index (χ2v) is 9.64. The van der Waals surface area contributed by atoms with Crippen molar-refractivity contribution in [3.63, 3.8) is 0 Å². The van der Waals surface area contributed by atoms with Crippen LogP contribution in [0.25, 0.3) is 39.5 Å². The molecule has 0 unspecified atom stereocenters. The van der Waals surface area contributed by atoms with Gasteiger partial charge in [0.15, 0.2) is 5.82 Å². The van der Waals surface area contributed by atoms with Crippen LogP contribution < -0.4 is 0 Å². The molecule has 0 amide bonds. The highest BCUT2D eigenvalue weighted by molar-refractivity contribution is 5.95. The number of pyridine rings is 2. The molecule has 7 heteroatoms. The molecule has 6 rings (SSSR count). The lowest BCUT2D eigenvalue weighted by Crippen LogP contribution is -1.91. The van der Waals surface area contributed by atoms with E-state index >= 15 is 0 Å². The van der Waals surface area contributed by atoms with Crippen LogP contribution in [0.2, 0.25) is 0 Å². The van der Waals surface area contributed by atoms with E-state index in [4.69, 9.17) is 0 Å². The molecule has 41 heavy (non-hydrogen) atoms. The van der Waals surface area contributed by atoms with Gasteiger partial charge in [0.2, 0.25) is 0 Å². The van der Waals surface area contributed by atoms with E-state index in [1.54, 1.807) is 12.4 Å². The third-order valence-corrected chi connectivity index (χ3v) is 6.28. The molecular weight excluding hydrogens is 506 g/mol. The second kappa shape index (κ2) is 12.6. The minimum absolute atomic E-state index is 0.729. The molecule has 4 aromatic heterocycles. The van der Waals surface area contributed by atoms with Crippen LogP contribution in [0.4, 0.5) is 0 Å². The van der Waals surface area contributed by atoms with Crippen LogP contribution >= 0.6 is 0 Å². The molecule has 1 aliphatic rings. The molecule has 7 nitrogen and oxygen atoms in total. The van der Waals surface area contributed by atoms with Crippen LogP contribution in [0.15, 0.2) is 115 Å². The van der Waals surface area contributed by atoms with E-state index < -0.39 is 0 Å². The number of rotatable bonds is 4. The Labute approximate surface area is 239 Å². The van der Waals surface area contributed by atoms with Crippen LogP contribution in [0.1, 0.15) is 29.4 Å². The highest BCUT2D eigenvalue weighted by Crippen LogP contribution is 2.21. The lowest BCUT2D eigenvalue weighted by atomic mass is 10.1. The highest BCUT2D eigenvalue weighted by atomic mass is 14.9. The summed E-state index contributed by atoms with van der Waals surface area (Å²) in [4.78, 5) is 30.5. The first-order valence-electron chi connectivity index (χ1n) is 13.2. The monoisotopic (exact) mass is 535 g/mol. The second-order valence-electron chi connectivity index (χ2n) is 9.64. The Morgan fingerprint density at radius 3 is 1.76 bits per heavy atom. The van der Waals surface area contributed by atoms with E-state index in [9.17, 15) is 0 Å². The van der Waals surface area contributed by atoms with Gasteiger partial charge in [-0.1, -0.05) is 42.0 Å².